The maximum absolute atomic E-state index is 13.3. The van der Waals surface area contributed by atoms with Gasteiger partial charge in [0.25, 0.3) is 0 Å². The van der Waals surface area contributed by atoms with Gasteiger partial charge in [-0.1, -0.05) is 24.3 Å². The predicted molar refractivity (Wildman–Crippen MR) is 83.8 cm³/mol. The first-order valence-corrected chi connectivity index (χ1v) is 6.96. The molecule has 0 radical (unpaired) electrons. The van der Waals surface area contributed by atoms with E-state index in [0.717, 1.165) is 21.9 Å². The zero-order valence-corrected chi connectivity index (χ0v) is 12.1. The molecular weight excluding hydrogens is 263 g/mol. The zero-order chi connectivity index (χ0) is 14.8. The monoisotopic (exact) mass is 280 g/mol. The van der Waals surface area contributed by atoms with E-state index in [0.29, 0.717) is 0 Å². The highest BCUT2D eigenvalue weighted by Crippen LogP contribution is 2.30. The third-order valence-corrected chi connectivity index (χ3v) is 3.86. The molecule has 0 fully saturated rings. The topological polar surface area (TPSA) is 24.9 Å². The number of pyridine rings is 1. The first kappa shape index (κ1) is 13.7. The van der Waals surface area contributed by atoms with E-state index in [4.69, 9.17) is 0 Å². The molecule has 1 atom stereocenters. The molecule has 1 N–H and O–H groups in total. The molecule has 3 rings (SSSR count). The van der Waals surface area contributed by atoms with Gasteiger partial charge >= 0.3 is 0 Å². The van der Waals surface area contributed by atoms with Crippen LogP contribution in [-0.2, 0) is 0 Å². The van der Waals surface area contributed by atoms with E-state index in [-0.39, 0.29) is 11.9 Å². The molecular formula is C18H17FN2. The van der Waals surface area contributed by atoms with Crippen molar-refractivity contribution in [3.05, 3.63) is 77.4 Å². The lowest BCUT2D eigenvalue weighted by Crippen LogP contribution is -2.19. The molecule has 0 saturated carbocycles. The summed E-state index contributed by atoms with van der Waals surface area (Å²) in [6.07, 6.45) is 3.67. The average Bonchev–Trinajstić information content (AvgIpc) is 2.50. The molecule has 0 saturated heterocycles. The summed E-state index contributed by atoms with van der Waals surface area (Å²) >= 11 is 0. The molecule has 1 aromatic heterocycles. The van der Waals surface area contributed by atoms with Gasteiger partial charge in [0.2, 0.25) is 0 Å². The molecule has 0 aliphatic heterocycles. The van der Waals surface area contributed by atoms with Gasteiger partial charge in [0, 0.05) is 17.8 Å². The minimum atomic E-state index is -0.201. The van der Waals surface area contributed by atoms with E-state index in [1.165, 1.54) is 11.6 Å². The van der Waals surface area contributed by atoms with Crippen LogP contribution in [-0.4, -0.2) is 12.0 Å². The molecule has 0 spiro atoms. The predicted octanol–water partition coefficient (Wildman–Crippen LogP) is 3.99. The maximum Gasteiger partial charge on any atom is 0.123 e. The summed E-state index contributed by atoms with van der Waals surface area (Å²) in [4.78, 5) is 4.17. The standard InChI is InChI=1S/C18H17FN2/c1-12-10-14(19)6-7-15(12)18(20-2)17-5-3-4-13-11-21-9-8-16(13)17/h3-11,18,20H,1-2H3. The molecule has 0 aliphatic rings. The van der Waals surface area contributed by atoms with Crippen LogP contribution in [0.25, 0.3) is 10.8 Å². The van der Waals surface area contributed by atoms with E-state index < -0.39 is 0 Å². The molecule has 1 unspecified atom stereocenters. The number of benzene rings is 2. The van der Waals surface area contributed by atoms with Crippen molar-refractivity contribution in [2.75, 3.05) is 7.05 Å². The molecule has 3 heteroatoms. The van der Waals surface area contributed by atoms with Crippen molar-refractivity contribution >= 4 is 10.8 Å². The van der Waals surface area contributed by atoms with Gasteiger partial charge in [-0.2, -0.15) is 0 Å². The van der Waals surface area contributed by atoms with Crippen molar-refractivity contribution < 1.29 is 4.39 Å². The number of aromatic nitrogens is 1. The first-order chi connectivity index (χ1) is 10.2. The fourth-order valence-corrected chi connectivity index (χ4v) is 2.84. The minimum absolute atomic E-state index is 0.0247. The Kier molecular flexibility index (Phi) is 3.67. The van der Waals surface area contributed by atoms with Crippen LogP contribution in [0.1, 0.15) is 22.7 Å². The van der Waals surface area contributed by atoms with E-state index in [1.807, 2.05) is 38.4 Å². The Morgan fingerprint density at radius 3 is 2.71 bits per heavy atom. The third-order valence-electron chi connectivity index (χ3n) is 3.86. The van der Waals surface area contributed by atoms with Crippen molar-refractivity contribution in [2.24, 2.45) is 0 Å². The second-order valence-corrected chi connectivity index (χ2v) is 5.17. The average molecular weight is 280 g/mol. The quantitative estimate of drug-likeness (QED) is 0.784. The summed E-state index contributed by atoms with van der Waals surface area (Å²) in [5, 5.41) is 5.61. The molecule has 3 aromatic rings. The van der Waals surface area contributed by atoms with Crippen molar-refractivity contribution in [1.29, 1.82) is 0 Å². The second-order valence-electron chi connectivity index (χ2n) is 5.17. The molecule has 0 aliphatic carbocycles. The highest BCUT2D eigenvalue weighted by Gasteiger charge is 2.16. The number of rotatable bonds is 3. The van der Waals surface area contributed by atoms with Crippen LogP contribution in [0, 0.1) is 12.7 Å². The Balaban J connectivity index is 2.18. The van der Waals surface area contributed by atoms with Gasteiger partial charge in [-0.15, -0.1) is 0 Å². The summed E-state index contributed by atoms with van der Waals surface area (Å²) in [6.45, 7) is 1.94. The van der Waals surface area contributed by atoms with Crippen LogP contribution < -0.4 is 5.32 Å². The molecule has 1 heterocycles. The van der Waals surface area contributed by atoms with Crippen LogP contribution in [0.4, 0.5) is 4.39 Å². The molecule has 0 bridgehead atoms. The van der Waals surface area contributed by atoms with Crippen molar-refractivity contribution in [3.63, 3.8) is 0 Å². The Bertz CT molecular complexity index is 778. The smallest absolute Gasteiger partial charge is 0.123 e. The van der Waals surface area contributed by atoms with E-state index in [2.05, 4.69) is 22.4 Å². The Labute approximate surface area is 123 Å². The maximum atomic E-state index is 13.3. The molecule has 2 aromatic carbocycles. The van der Waals surface area contributed by atoms with Gasteiger partial charge in [-0.25, -0.2) is 4.39 Å². The first-order valence-electron chi connectivity index (χ1n) is 6.96. The van der Waals surface area contributed by atoms with Crippen LogP contribution in [0.15, 0.2) is 54.9 Å². The zero-order valence-electron chi connectivity index (χ0n) is 12.1. The van der Waals surface area contributed by atoms with Gasteiger partial charge < -0.3 is 5.32 Å². The van der Waals surface area contributed by atoms with Crippen LogP contribution in [0.3, 0.4) is 0 Å². The second kappa shape index (κ2) is 5.62. The highest BCUT2D eigenvalue weighted by molar-refractivity contribution is 5.85. The summed E-state index contributed by atoms with van der Waals surface area (Å²) in [6, 6.07) is 13.2. The number of hydrogen-bond donors (Lipinski definition) is 1. The van der Waals surface area contributed by atoms with Gasteiger partial charge in [0.1, 0.15) is 5.82 Å². The highest BCUT2D eigenvalue weighted by atomic mass is 19.1. The molecule has 0 amide bonds. The number of nitrogens with zero attached hydrogens (tertiary/aromatic N) is 1. The number of nitrogens with one attached hydrogen (secondary N) is 1. The lowest BCUT2D eigenvalue weighted by atomic mass is 9.92. The number of halogens is 1. The van der Waals surface area contributed by atoms with E-state index in [1.54, 1.807) is 12.3 Å². The molecule has 2 nitrogen and oxygen atoms in total. The number of hydrogen-bond acceptors (Lipinski definition) is 2. The van der Waals surface area contributed by atoms with Gasteiger partial charge in [-0.05, 0) is 54.2 Å². The van der Waals surface area contributed by atoms with Gasteiger partial charge in [-0.3, -0.25) is 4.98 Å². The summed E-state index contributed by atoms with van der Waals surface area (Å²) < 4.78 is 13.3. The van der Waals surface area contributed by atoms with E-state index in [9.17, 15) is 4.39 Å². The Morgan fingerprint density at radius 1 is 1.10 bits per heavy atom. The van der Waals surface area contributed by atoms with Crippen molar-refractivity contribution in [1.82, 2.24) is 10.3 Å². The Morgan fingerprint density at radius 2 is 1.95 bits per heavy atom. The number of aryl methyl sites for hydroxylation is 1. The fraction of sp³-hybridized carbons (Fsp3) is 0.167. The number of fused-ring (bicyclic) bond motifs is 1. The third kappa shape index (κ3) is 2.52. The van der Waals surface area contributed by atoms with Crippen LogP contribution in [0.5, 0.6) is 0 Å². The summed E-state index contributed by atoms with van der Waals surface area (Å²) in [5.74, 6) is -0.201. The minimum Gasteiger partial charge on any atom is -0.309 e. The van der Waals surface area contributed by atoms with Crippen molar-refractivity contribution in [3.8, 4) is 0 Å². The van der Waals surface area contributed by atoms with Gasteiger partial charge in [0.05, 0.1) is 6.04 Å². The summed E-state index contributed by atoms with van der Waals surface area (Å²) in [5.41, 5.74) is 3.20. The lowest BCUT2D eigenvalue weighted by Gasteiger charge is -2.21. The van der Waals surface area contributed by atoms with Crippen LogP contribution >= 0.6 is 0 Å². The summed E-state index contributed by atoms with van der Waals surface area (Å²) in [7, 11) is 1.92. The van der Waals surface area contributed by atoms with E-state index >= 15 is 0 Å². The lowest BCUT2D eigenvalue weighted by molar-refractivity contribution is 0.621. The largest absolute Gasteiger partial charge is 0.309 e. The van der Waals surface area contributed by atoms with Crippen LogP contribution in [0.2, 0.25) is 0 Å². The fourth-order valence-electron chi connectivity index (χ4n) is 2.84. The van der Waals surface area contributed by atoms with Gasteiger partial charge in [0.15, 0.2) is 0 Å². The molecule has 21 heavy (non-hydrogen) atoms. The normalized spacial score (nSPS) is 12.5. The molecule has 106 valence electrons. The van der Waals surface area contributed by atoms with Crippen molar-refractivity contribution in [2.45, 2.75) is 13.0 Å². The SMILES string of the molecule is CNC(c1ccc(F)cc1C)c1cccc2cnccc12. The Hall–Kier alpha value is -2.26.